The molecule has 1 fully saturated rings. The number of likely N-dealkylation sites (tertiary alicyclic amines) is 1. The monoisotopic (exact) mass is 309 g/mol. The molecule has 1 aliphatic heterocycles. The first kappa shape index (κ1) is 14.5. The zero-order valence-electron chi connectivity index (χ0n) is 11.8. The number of hydrogen-bond donors (Lipinski definition) is 1. The topological polar surface area (TPSA) is 66.8 Å². The third-order valence-corrected chi connectivity index (χ3v) is 5.35. The maximum absolute atomic E-state index is 12.5. The maximum Gasteiger partial charge on any atom is 0.329 e. The number of carboxylic acids is 1. The first-order valence-electron chi connectivity index (χ1n) is 7.38. The number of carboxylic acid groups (broad SMARTS) is 1. The van der Waals surface area contributed by atoms with Gasteiger partial charge < -0.3 is 14.7 Å². The third-order valence-electron chi connectivity index (χ3n) is 4.13. The Labute approximate surface area is 127 Å². The molecule has 1 aromatic rings. The molecule has 21 heavy (non-hydrogen) atoms. The summed E-state index contributed by atoms with van der Waals surface area (Å²) in [7, 11) is 0. The van der Waals surface area contributed by atoms with E-state index in [4.69, 9.17) is 9.84 Å². The highest BCUT2D eigenvalue weighted by molar-refractivity contribution is 7.14. The zero-order chi connectivity index (χ0) is 14.8. The number of rotatable bonds is 4. The van der Waals surface area contributed by atoms with Gasteiger partial charge in [0.15, 0.2) is 0 Å². The van der Waals surface area contributed by atoms with Crippen molar-refractivity contribution in [2.24, 2.45) is 0 Å². The number of carbonyl (C=O) groups excluding carboxylic acids is 1. The molecule has 0 spiro atoms. The van der Waals surface area contributed by atoms with Crippen LogP contribution in [0.15, 0.2) is 6.07 Å². The smallest absolute Gasteiger partial charge is 0.329 e. The molecule has 1 N–H and O–H groups in total. The molecule has 0 saturated carbocycles. The Morgan fingerprint density at radius 1 is 1.33 bits per heavy atom. The largest absolute Gasteiger partial charge is 0.480 e. The van der Waals surface area contributed by atoms with E-state index in [1.165, 1.54) is 16.9 Å². The second kappa shape index (κ2) is 6.15. The van der Waals surface area contributed by atoms with Crippen molar-refractivity contribution in [3.05, 3.63) is 21.4 Å². The van der Waals surface area contributed by atoms with Gasteiger partial charge in [0, 0.05) is 18.0 Å². The minimum atomic E-state index is -0.943. The normalized spacial score (nSPS) is 18.8. The summed E-state index contributed by atoms with van der Waals surface area (Å²) in [4.78, 5) is 27.0. The van der Waals surface area contributed by atoms with Crippen LogP contribution < -0.4 is 0 Å². The predicted octanol–water partition coefficient (Wildman–Crippen LogP) is 1.94. The first-order chi connectivity index (χ1) is 10.1. The molecule has 1 aromatic heterocycles. The van der Waals surface area contributed by atoms with Gasteiger partial charge in [-0.2, -0.15) is 0 Å². The van der Waals surface area contributed by atoms with Crippen molar-refractivity contribution < 1.29 is 19.4 Å². The second-order valence-electron chi connectivity index (χ2n) is 5.61. The van der Waals surface area contributed by atoms with Crippen molar-refractivity contribution in [3.63, 3.8) is 0 Å². The van der Waals surface area contributed by atoms with E-state index < -0.39 is 5.97 Å². The quantitative estimate of drug-likeness (QED) is 0.923. The Balaban J connectivity index is 1.54. The van der Waals surface area contributed by atoms with Gasteiger partial charge in [0.05, 0.1) is 11.0 Å². The number of ether oxygens (including phenoxy) is 1. The van der Waals surface area contributed by atoms with Crippen LogP contribution in [-0.2, 0) is 22.4 Å². The van der Waals surface area contributed by atoms with Crippen LogP contribution in [0.3, 0.4) is 0 Å². The standard InChI is InChI=1S/C15H19NO4S/c17-14(18)9-20-11-4-6-16(7-5-11)15(19)13-8-10-2-1-3-12(10)21-13/h8,11H,1-7,9H2,(H,17,18). The molecule has 1 aliphatic carbocycles. The molecule has 0 bridgehead atoms. The van der Waals surface area contributed by atoms with Gasteiger partial charge in [0.25, 0.3) is 5.91 Å². The highest BCUT2D eigenvalue weighted by atomic mass is 32.1. The minimum absolute atomic E-state index is 0.0431. The van der Waals surface area contributed by atoms with Gasteiger partial charge in [-0.3, -0.25) is 4.79 Å². The third kappa shape index (κ3) is 3.27. The molecule has 6 heteroatoms. The van der Waals surface area contributed by atoms with E-state index in [-0.39, 0.29) is 18.6 Å². The number of piperidine rings is 1. The van der Waals surface area contributed by atoms with Crippen molar-refractivity contribution >= 4 is 23.2 Å². The molecule has 3 rings (SSSR count). The highest BCUT2D eigenvalue weighted by Crippen LogP contribution is 2.31. The van der Waals surface area contributed by atoms with Crippen molar-refractivity contribution in [2.75, 3.05) is 19.7 Å². The van der Waals surface area contributed by atoms with E-state index in [1.807, 2.05) is 4.90 Å². The van der Waals surface area contributed by atoms with E-state index in [9.17, 15) is 9.59 Å². The summed E-state index contributed by atoms with van der Waals surface area (Å²) < 4.78 is 5.29. The predicted molar refractivity (Wildman–Crippen MR) is 78.9 cm³/mol. The number of fused-ring (bicyclic) bond motifs is 1. The highest BCUT2D eigenvalue weighted by Gasteiger charge is 2.27. The summed E-state index contributed by atoms with van der Waals surface area (Å²) in [6.45, 7) is 1.04. The Morgan fingerprint density at radius 2 is 2.10 bits per heavy atom. The fourth-order valence-corrected chi connectivity index (χ4v) is 4.23. The number of carbonyl (C=O) groups is 2. The van der Waals surface area contributed by atoms with E-state index in [1.54, 1.807) is 11.3 Å². The lowest BCUT2D eigenvalue weighted by Crippen LogP contribution is -2.41. The fourth-order valence-electron chi connectivity index (χ4n) is 3.00. The molecule has 0 radical (unpaired) electrons. The minimum Gasteiger partial charge on any atom is -0.480 e. The van der Waals surface area contributed by atoms with Gasteiger partial charge in [-0.25, -0.2) is 4.79 Å². The molecule has 1 amide bonds. The van der Waals surface area contributed by atoms with Gasteiger partial charge in [0.2, 0.25) is 0 Å². The molecule has 1 saturated heterocycles. The van der Waals surface area contributed by atoms with Gasteiger partial charge >= 0.3 is 5.97 Å². The van der Waals surface area contributed by atoms with Crippen molar-refractivity contribution in [1.82, 2.24) is 4.90 Å². The Kier molecular flexibility index (Phi) is 4.26. The molecule has 2 aliphatic rings. The molecule has 5 nitrogen and oxygen atoms in total. The van der Waals surface area contributed by atoms with Crippen molar-refractivity contribution in [3.8, 4) is 0 Å². The Bertz CT molecular complexity index is 524. The van der Waals surface area contributed by atoms with Crippen molar-refractivity contribution in [1.29, 1.82) is 0 Å². The van der Waals surface area contributed by atoms with Crippen LogP contribution >= 0.6 is 11.3 Å². The summed E-state index contributed by atoms with van der Waals surface area (Å²) in [5.41, 5.74) is 1.35. The van der Waals surface area contributed by atoms with Crippen molar-refractivity contribution in [2.45, 2.75) is 38.2 Å². The number of hydrogen-bond acceptors (Lipinski definition) is 4. The lowest BCUT2D eigenvalue weighted by Gasteiger charge is -2.31. The van der Waals surface area contributed by atoms with E-state index in [2.05, 4.69) is 6.07 Å². The van der Waals surface area contributed by atoms with E-state index in [0.717, 1.165) is 17.7 Å². The summed E-state index contributed by atoms with van der Waals surface area (Å²) in [6, 6.07) is 2.06. The lowest BCUT2D eigenvalue weighted by atomic mass is 10.1. The number of thiophene rings is 1. The number of nitrogens with zero attached hydrogens (tertiary/aromatic N) is 1. The zero-order valence-corrected chi connectivity index (χ0v) is 12.7. The lowest BCUT2D eigenvalue weighted by molar-refractivity contribution is -0.145. The fraction of sp³-hybridized carbons (Fsp3) is 0.600. The van der Waals surface area contributed by atoms with Gasteiger partial charge in [-0.15, -0.1) is 11.3 Å². The average molecular weight is 309 g/mol. The summed E-state index contributed by atoms with van der Waals surface area (Å²) in [6.07, 6.45) is 4.80. The van der Waals surface area contributed by atoms with Gasteiger partial charge in [0.1, 0.15) is 6.61 Å². The van der Waals surface area contributed by atoms with Crippen LogP contribution in [0.1, 0.15) is 39.4 Å². The first-order valence-corrected chi connectivity index (χ1v) is 8.19. The Morgan fingerprint density at radius 3 is 2.76 bits per heavy atom. The van der Waals surface area contributed by atoms with Crippen LogP contribution in [0.4, 0.5) is 0 Å². The average Bonchev–Trinajstić information content (AvgIpc) is 3.06. The number of amides is 1. The second-order valence-corrected chi connectivity index (χ2v) is 6.75. The van der Waals surface area contributed by atoms with Crippen LogP contribution in [-0.4, -0.2) is 47.7 Å². The maximum atomic E-state index is 12.5. The van der Waals surface area contributed by atoms with E-state index in [0.29, 0.717) is 25.9 Å². The molecule has 2 heterocycles. The Hall–Kier alpha value is -1.40. The van der Waals surface area contributed by atoms with Crippen LogP contribution in [0.25, 0.3) is 0 Å². The molecule has 0 atom stereocenters. The molecule has 0 aromatic carbocycles. The van der Waals surface area contributed by atoms with Crippen LogP contribution in [0.2, 0.25) is 0 Å². The van der Waals surface area contributed by atoms with Gasteiger partial charge in [-0.05, 0) is 43.7 Å². The SMILES string of the molecule is O=C(O)COC1CCN(C(=O)c2cc3c(s2)CCC3)CC1. The van der Waals surface area contributed by atoms with Crippen LogP contribution in [0, 0.1) is 0 Å². The number of aliphatic carboxylic acids is 1. The summed E-state index contributed by atoms with van der Waals surface area (Å²) in [5, 5.41) is 8.60. The summed E-state index contributed by atoms with van der Waals surface area (Å²) >= 11 is 1.64. The molecular formula is C15H19NO4S. The van der Waals surface area contributed by atoms with Gasteiger partial charge in [-0.1, -0.05) is 0 Å². The molecule has 0 unspecified atom stereocenters. The number of aryl methyl sites for hydroxylation is 2. The molecular weight excluding hydrogens is 290 g/mol. The van der Waals surface area contributed by atoms with E-state index >= 15 is 0 Å². The summed E-state index contributed by atoms with van der Waals surface area (Å²) in [5.74, 6) is -0.826. The van der Waals surface area contributed by atoms with Crippen LogP contribution in [0.5, 0.6) is 0 Å². The molecule has 114 valence electrons.